The van der Waals surface area contributed by atoms with E-state index >= 15 is 0 Å². The molecule has 0 saturated heterocycles. The van der Waals surface area contributed by atoms with Crippen LogP contribution in [0.5, 0.6) is 0 Å². The number of rotatable bonds is 6. The van der Waals surface area contributed by atoms with E-state index in [0.717, 1.165) is 53.8 Å². The molecule has 2 atom stereocenters. The molecule has 2 aromatic heterocycles. The third-order valence-electron chi connectivity index (χ3n) is 7.62. The summed E-state index contributed by atoms with van der Waals surface area (Å²) in [5, 5.41) is 24.6. The highest BCUT2D eigenvalue weighted by molar-refractivity contribution is 6.06. The Morgan fingerprint density at radius 1 is 1.15 bits per heavy atom. The Labute approximate surface area is 228 Å². The summed E-state index contributed by atoms with van der Waals surface area (Å²) in [4.78, 5) is 32.1. The van der Waals surface area contributed by atoms with E-state index in [1.165, 1.54) is 0 Å². The zero-order valence-electron chi connectivity index (χ0n) is 23.2. The molecule has 3 heterocycles. The van der Waals surface area contributed by atoms with Gasteiger partial charge in [-0.15, -0.1) is 0 Å². The van der Waals surface area contributed by atoms with Crippen molar-refractivity contribution in [3.63, 3.8) is 0 Å². The summed E-state index contributed by atoms with van der Waals surface area (Å²) in [6.45, 7) is 8.18. The van der Waals surface area contributed by atoms with Crippen molar-refractivity contribution in [3.05, 3.63) is 53.2 Å². The Kier molecular flexibility index (Phi) is 6.96. The van der Waals surface area contributed by atoms with Gasteiger partial charge in [0.1, 0.15) is 11.6 Å². The number of fused-ring (bicyclic) bond motifs is 1. The van der Waals surface area contributed by atoms with Crippen LogP contribution in [0.3, 0.4) is 0 Å². The second kappa shape index (κ2) is 10.2. The van der Waals surface area contributed by atoms with E-state index in [4.69, 9.17) is 4.98 Å². The number of nitrogens with one attached hydrogen (secondary N) is 3. The van der Waals surface area contributed by atoms with Crippen LogP contribution in [0.25, 0.3) is 11.3 Å². The third kappa shape index (κ3) is 5.15. The average molecular weight is 532 g/mol. The average Bonchev–Trinajstić information content (AvgIpc) is 3.45. The number of hydrogen-bond acceptors (Lipinski definition) is 6. The molecule has 10 nitrogen and oxygen atoms in total. The topological polar surface area (TPSA) is 124 Å². The van der Waals surface area contributed by atoms with E-state index in [1.54, 1.807) is 15.8 Å². The Bertz CT molecular complexity index is 1410. The van der Waals surface area contributed by atoms with Gasteiger partial charge in [0, 0.05) is 48.2 Å². The van der Waals surface area contributed by atoms with E-state index in [1.807, 2.05) is 65.1 Å². The Hall–Kier alpha value is -4.08. The van der Waals surface area contributed by atoms with Crippen LogP contribution in [0.1, 0.15) is 67.9 Å². The molecule has 39 heavy (non-hydrogen) atoms. The minimum atomic E-state index is -0.924. The smallest absolute Gasteiger partial charge is 0.408 e. The van der Waals surface area contributed by atoms with Gasteiger partial charge in [-0.25, -0.2) is 9.78 Å². The quantitative estimate of drug-likeness (QED) is 0.341. The lowest BCUT2D eigenvalue weighted by atomic mass is 9.86. The zero-order chi connectivity index (χ0) is 27.9. The zero-order valence-corrected chi connectivity index (χ0v) is 23.2. The van der Waals surface area contributed by atoms with Crippen molar-refractivity contribution in [2.45, 2.75) is 77.5 Å². The van der Waals surface area contributed by atoms with E-state index in [9.17, 15) is 14.7 Å². The van der Waals surface area contributed by atoms with Crippen molar-refractivity contribution in [1.29, 1.82) is 0 Å². The number of hydrogen-bond donors (Lipinski definition) is 4. The van der Waals surface area contributed by atoms with Gasteiger partial charge in [0.2, 0.25) is 0 Å². The lowest BCUT2D eigenvalue weighted by Crippen LogP contribution is -2.58. The number of carbonyl (C=O) groups is 2. The lowest BCUT2D eigenvalue weighted by molar-refractivity contribution is 0.0520. The van der Waals surface area contributed by atoms with E-state index < -0.39 is 11.6 Å². The van der Waals surface area contributed by atoms with Crippen molar-refractivity contribution in [2.24, 2.45) is 7.05 Å². The van der Waals surface area contributed by atoms with Crippen LogP contribution in [0.15, 0.2) is 36.5 Å². The second-order valence-corrected chi connectivity index (χ2v) is 11.5. The van der Waals surface area contributed by atoms with E-state index in [-0.39, 0.29) is 18.0 Å². The second-order valence-electron chi connectivity index (χ2n) is 11.5. The Balaban J connectivity index is 1.64. The molecule has 1 aromatic carbocycles. The molecule has 1 saturated carbocycles. The molecule has 5 rings (SSSR count). The molecular formula is C29H37N7O3. The van der Waals surface area contributed by atoms with Crippen molar-refractivity contribution < 1.29 is 14.7 Å². The van der Waals surface area contributed by atoms with Gasteiger partial charge in [-0.2, -0.15) is 5.10 Å². The van der Waals surface area contributed by atoms with Crippen LogP contribution in [-0.4, -0.2) is 54.4 Å². The van der Waals surface area contributed by atoms with Gasteiger partial charge in [0.25, 0.3) is 5.91 Å². The first-order chi connectivity index (χ1) is 18.5. The predicted molar refractivity (Wildman–Crippen MR) is 151 cm³/mol. The fourth-order valence-corrected chi connectivity index (χ4v) is 5.95. The number of aromatic nitrogens is 3. The maximum absolute atomic E-state index is 13.1. The van der Waals surface area contributed by atoms with Crippen LogP contribution in [0.4, 0.5) is 22.1 Å². The molecule has 0 unspecified atom stereocenters. The van der Waals surface area contributed by atoms with Gasteiger partial charge >= 0.3 is 6.09 Å². The van der Waals surface area contributed by atoms with Gasteiger partial charge in [0.15, 0.2) is 0 Å². The third-order valence-corrected chi connectivity index (χ3v) is 7.62. The monoisotopic (exact) mass is 531 g/mol. The highest BCUT2D eigenvalue weighted by Gasteiger charge is 2.40. The van der Waals surface area contributed by atoms with Crippen LogP contribution < -0.4 is 16.0 Å². The SMILES string of the molecule is Cc1cccc(Nc2nc(N[C@@H]3CCCC[C@@H]3N(C(=O)O)C(C)(C)C)c(-c3ccnn3C)c3c2C(=O)NC3)c1. The van der Waals surface area contributed by atoms with Crippen LogP contribution in [0, 0.1) is 6.92 Å². The molecule has 4 N–H and O–H groups in total. The van der Waals surface area contributed by atoms with Crippen molar-refractivity contribution in [1.82, 2.24) is 25.0 Å². The standard InChI is InChI=1S/C29H37N7O3/c1-17-9-8-10-18(15-17)32-26-24-19(16-30-27(24)37)23(22-13-14-31-35(22)5)25(34-26)33-20-11-6-7-12-21(20)36(28(38)39)29(2,3)4/h8-10,13-15,20-21H,6-7,11-12,16H2,1-5H3,(H,30,37)(H,38,39)(H2,32,33,34)/t20-,21+/m1/s1. The largest absolute Gasteiger partial charge is 0.465 e. The first-order valence-electron chi connectivity index (χ1n) is 13.5. The fraction of sp³-hybridized carbons (Fsp3) is 0.448. The summed E-state index contributed by atoms with van der Waals surface area (Å²) in [7, 11) is 1.86. The van der Waals surface area contributed by atoms with Gasteiger partial charge in [-0.05, 0) is 64.3 Å². The van der Waals surface area contributed by atoms with Crippen molar-refractivity contribution in [3.8, 4) is 11.3 Å². The molecule has 10 heteroatoms. The minimum Gasteiger partial charge on any atom is -0.465 e. The van der Waals surface area contributed by atoms with E-state index in [2.05, 4.69) is 21.0 Å². The number of carbonyl (C=O) groups excluding carboxylic acids is 1. The molecule has 0 bridgehead atoms. The van der Waals surface area contributed by atoms with Gasteiger partial charge in [-0.3, -0.25) is 14.4 Å². The van der Waals surface area contributed by atoms with E-state index in [0.29, 0.717) is 23.7 Å². The molecule has 1 aliphatic heterocycles. The van der Waals surface area contributed by atoms with Gasteiger partial charge in [-0.1, -0.05) is 25.0 Å². The van der Waals surface area contributed by atoms with Gasteiger partial charge < -0.3 is 21.1 Å². The molecule has 0 radical (unpaired) electrons. The highest BCUT2D eigenvalue weighted by Crippen LogP contribution is 2.40. The number of amides is 2. The fourth-order valence-electron chi connectivity index (χ4n) is 5.95. The molecule has 3 aromatic rings. The summed E-state index contributed by atoms with van der Waals surface area (Å²) >= 11 is 0. The molecule has 2 aliphatic rings. The number of carboxylic acid groups (broad SMARTS) is 1. The highest BCUT2D eigenvalue weighted by atomic mass is 16.4. The number of pyridine rings is 1. The Morgan fingerprint density at radius 3 is 2.59 bits per heavy atom. The summed E-state index contributed by atoms with van der Waals surface area (Å²) < 4.78 is 1.77. The number of aryl methyl sites for hydroxylation is 2. The lowest BCUT2D eigenvalue weighted by Gasteiger charge is -2.45. The Morgan fingerprint density at radius 2 is 1.92 bits per heavy atom. The van der Waals surface area contributed by atoms with Crippen molar-refractivity contribution in [2.75, 3.05) is 10.6 Å². The molecule has 1 aliphatic carbocycles. The first-order valence-corrected chi connectivity index (χ1v) is 13.5. The molecule has 1 fully saturated rings. The minimum absolute atomic E-state index is 0.150. The maximum Gasteiger partial charge on any atom is 0.408 e. The number of anilines is 3. The molecule has 0 spiro atoms. The molecule has 206 valence electrons. The summed E-state index contributed by atoms with van der Waals surface area (Å²) in [5.74, 6) is 0.903. The summed E-state index contributed by atoms with van der Waals surface area (Å²) in [6, 6.07) is 9.47. The summed E-state index contributed by atoms with van der Waals surface area (Å²) in [5.41, 5.74) is 4.36. The molecule has 2 amide bonds. The van der Waals surface area contributed by atoms with Crippen LogP contribution in [-0.2, 0) is 13.6 Å². The first kappa shape index (κ1) is 26.5. The summed E-state index contributed by atoms with van der Waals surface area (Å²) in [6.07, 6.45) is 4.34. The predicted octanol–water partition coefficient (Wildman–Crippen LogP) is 5.28. The van der Waals surface area contributed by atoms with Crippen LogP contribution >= 0.6 is 0 Å². The molecular weight excluding hydrogens is 494 g/mol. The van der Waals surface area contributed by atoms with Crippen molar-refractivity contribution >= 4 is 29.3 Å². The van der Waals surface area contributed by atoms with Crippen LogP contribution in [0.2, 0.25) is 0 Å². The normalized spacial score (nSPS) is 18.8. The van der Waals surface area contributed by atoms with Gasteiger partial charge in [0.05, 0.1) is 17.3 Å². The maximum atomic E-state index is 13.1. The number of nitrogens with zero attached hydrogens (tertiary/aromatic N) is 4. The number of benzene rings is 1.